The Morgan fingerprint density at radius 2 is 1.48 bits per heavy atom. The normalized spacial score (nSPS) is 13.0. The number of aromatic hydroxyl groups is 1. The molecule has 2 aromatic rings. The van der Waals surface area contributed by atoms with E-state index in [4.69, 9.17) is 0 Å². The van der Waals surface area contributed by atoms with Gasteiger partial charge in [-0.2, -0.15) is 5.26 Å². The fourth-order valence-electron chi connectivity index (χ4n) is 3.20. The van der Waals surface area contributed by atoms with Crippen molar-refractivity contribution in [3.05, 3.63) is 63.6 Å². The number of hydrogen-bond donors (Lipinski definition) is 2. The van der Waals surface area contributed by atoms with E-state index in [-0.39, 0.29) is 5.75 Å². The number of carboxylic acid groups (broad SMARTS) is 1. The Labute approximate surface area is 183 Å². The third-order valence-electron chi connectivity index (χ3n) is 4.85. The van der Waals surface area contributed by atoms with Crippen LogP contribution in [0.25, 0.3) is 6.08 Å². The molecular formula is C24H27NO5S. The first-order valence-corrected chi connectivity index (χ1v) is 11.2. The SMILES string of the molecule is CC(C)(C)c1cc(/C=C(\C#N)S(=O)(=O)c2ccccc2C(=O)O)cc(C(C)(C)C)c1O. The lowest BCUT2D eigenvalue weighted by Gasteiger charge is -2.28. The number of sulfone groups is 1. The summed E-state index contributed by atoms with van der Waals surface area (Å²) in [5.41, 5.74) is 0.393. The number of phenols is 1. The van der Waals surface area contributed by atoms with Gasteiger partial charge in [0.2, 0.25) is 9.84 Å². The molecule has 7 heteroatoms. The molecule has 2 aromatic carbocycles. The monoisotopic (exact) mass is 441 g/mol. The zero-order valence-electron chi connectivity index (χ0n) is 18.5. The maximum Gasteiger partial charge on any atom is 0.337 e. The molecular weight excluding hydrogens is 414 g/mol. The molecule has 0 aromatic heterocycles. The van der Waals surface area contributed by atoms with Gasteiger partial charge in [-0.15, -0.1) is 0 Å². The molecule has 0 aliphatic rings. The molecule has 0 saturated carbocycles. The van der Waals surface area contributed by atoms with Crippen molar-refractivity contribution in [2.45, 2.75) is 57.3 Å². The summed E-state index contributed by atoms with van der Waals surface area (Å²) in [5.74, 6) is -1.26. The van der Waals surface area contributed by atoms with E-state index in [0.717, 1.165) is 0 Å². The van der Waals surface area contributed by atoms with E-state index in [1.807, 2.05) is 41.5 Å². The second kappa shape index (κ2) is 8.20. The molecule has 0 saturated heterocycles. The summed E-state index contributed by atoms with van der Waals surface area (Å²) in [6.45, 7) is 11.5. The van der Waals surface area contributed by atoms with E-state index in [1.54, 1.807) is 18.2 Å². The summed E-state index contributed by atoms with van der Waals surface area (Å²) in [6, 6.07) is 10.2. The first-order valence-electron chi connectivity index (χ1n) is 9.68. The minimum Gasteiger partial charge on any atom is -0.507 e. The van der Waals surface area contributed by atoms with Crippen LogP contribution < -0.4 is 0 Å². The van der Waals surface area contributed by atoms with Gasteiger partial charge in [0.25, 0.3) is 0 Å². The maximum atomic E-state index is 13.1. The molecule has 0 amide bonds. The fraction of sp³-hybridized carbons (Fsp3) is 0.333. The molecule has 0 atom stereocenters. The van der Waals surface area contributed by atoms with Crippen LogP contribution in [0.2, 0.25) is 0 Å². The van der Waals surface area contributed by atoms with Gasteiger partial charge in [0.15, 0.2) is 0 Å². The quantitative estimate of drug-likeness (QED) is 0.643. The highest BCUT2D eigenvalue weighted by atomic mass is 32.2. The standard InChI is InChI=1S/C24H27NO5S/c1-23(2,3)18-12-15(13-19(21(18)26)24(4,5)6)11-16(14-25)31(29,30)20-10-8-7-9-17(20)22(27)28/h7-13,26H,1-6H3,(H,27,28)/b16-11+. The number of allylic oxidation sites excluding steroid dienone is 1. The molecule has 2 N–H and O–H groups in total. The average Bonchev–Trinajstić information content (AvgIpc) is 2.64. The van der Waals surface area contributed by atoms with E-state index in [0.29, 0.717) is 16.7 Å². The number of hydrogen-bond acceptors (Lipinski definition) is 5. The third kappa shape index (κ3) is 4.97. The van der Waals surface area contributed by atoms with E-state index >= 15 is 0 Å². The van der Waals surface area contributed by atoms with E-state index in [2.05, 4.69) is 0 Å². The lowest BCUT2D eigenvalue weighted by Crippen LogP contribution is -2.17. The van der Waals surface area contributed by atoms with Gasteiger partial charge in [0.05, 0.1) is 10.5 Å². The molecule has 0 fully saturated rings. The second-order valence-corrected chi connectivity index (χ2v) is 11.3. The lowest BCUT2D eigenvalue weighted by atomic mass is 9.78. The predicted octanol–water partition coefficient (Wildman–Crippen LogP) is 5.02. The minimum atomic E-state index is -4.38. The average molecular weight is 442 g/mol. The summed E-state index contributed by atoms with van der Waals surface area (Å²) in [4.78, 5) is 10.5. The Hall–Kier alpha value is -3.11. The molecule has 0 aliphatic heterocycles. The van der Waals surface area contributed by atoms with Crippen LogP contribution in [0.5, 0.6) is 5.75 Å². The summed E-state index contributed by atoms with van der Waals surface area (Å²) < 4.78 is 26.2. The highest BCUT2D eigenvalue weighted by molar-refractivity contribution is 7.95. The Morgan fingerprint density at radius 3 is 1.90 bits per heavy atom. The second-order valence-electron chi connectivity index (χ2n) is 9.39. The van der Waals surface area contributed by atoms with Crippen molar-refractivity contribution in [2.24, 2.45) is 0 Å². The van der Waals surface area contributed by atoms with Crippen LogP contribution in [-0.2, 0) is 20.7 Å². The number of nitriles is 1. The topological polar surface area (TPSA) is 115 Å². The van der Waals surface area contributed by atoms with Crippen molar-refractivity contribution < 1.29 is 23.4 Å². The number of aromatic carboxylic acids is 1. The van der Waals surface area contributed by atoms with Crippen LogP contribution in [0.3, 0.4) is 0 Å². The summed E-state index contributed by atoms with van der Waals surface area (Å²) in [6.07, 6.45) is 1.22. The molecule has 0 spiro atoms. The molecule has 2 rings (SSSR count). The van der Waals surface area contributed by atoms with Gasteiger partial charge in [0.1, 0.15) is 16.7 Å². The number of carbonyl (C=O) groups is 1. The van der Waals surface area contributed by atoms with Crippen molar-refractivity contribution in [1.29, 1.82) is 5.26 Å². The molecule has 0 radical (unpaired) electrons. The lowest BCUT2D eigenvalue weighted by molar-refractivity contribution is 0.0692. The minimum absolute atomic E-state index is 0.134. The van der Waals surface area contributed by atoms with Crippen molar-refractivity contribution in [3.8, 4) is 11.8 Å². The summed E-state index contributed by atoms with van der Waals surface area (Å²) in [7, 11) is -4.38. The van der Waals surface area contributed by atoms with Gasteiger partial charge < -0.3 is 10.2 Å². The van der Waals surface area contributed by atoms with Crippen LogP contribution in [-0.4, -0.2) is 24.6 Å². The first kappa shape index (κ1) is 24.2. The number of nitrogens with zero attached hydrogens (tertiary/aromatic N) is 1. The van der Waals surface area contributed by atoms with Crippen molar-refractivity contribution in [1.82, 2.24) is 0 Å². The van der Waals surface area contributed by atoms with E-state index in [9.17, 15) is 28.7 Å². The van der Waals surface area contributed by atoms with Crippen LogP contribution >= 0.6 is 0 Å². The van der Waals surface area contributed by atoms with Crippen LogP contribution in [0.15, 0.2) is 46.2 Å². The van der Waals surface area contributed by atoms with Gasteiger partial charge in [0, 0.05) is 11.1 Å². The van der Waals surface area contributed by atoms with Gasteiger partial charge in [-0.1, -0.05) is 53.7 Å². The smallest absolute Gasteiger partial charge is 0.337 e. The molecule has 0 unspecified atom stereocenters. The number of benzene rings is 2. The van der Waals surface area contributed by atoms with Crippen molar-refractivity contribution >= 4 is 21.9 Å². The molecule has 31 heavy (non-hydrogen) atoms. The van der Waals surface area contributed by atoms with E-state index in [1.165, 1.54) is 30.3 Å². The molecule has 0 bridgehead atoms. The Balaban J connectivity index is 2.81. The van der Waals surface area contributed by atoms with Crippen LogP contribution in [0, 0.1) is 11.3 Å². The van der Waals surface area contributed by atoms with Crippen molar-refractivity contribution in [2.75, 3.05) is 0 Å². The Morgan fingerprint density at radius 1 is 1.00 bits per heavy atom. The highest BCUT2D eigenvalue weighted by Gasteiger charge is 2.29. The van der Waals surface area contributed by atoms with Gasteiger partial charge in [-0.25, -0.2) is 13.2 Å². The maximum absolute atomic E-state index is 13.1. The van der Waals surface area contributed by atoms with Crippen LogP contribution in [0.4, 0.5) is 0 Å². The zero-order valence-corrected chi connectivity index (χ0v) is 19.3. The molecule has 6 nitrogen and oxygen atoms in total. The first-order chi connectivity index (χ1) is 14.1. The predicted molar refractivity (Wildman–Crippen MR) is 120 cm³/mol. The molecule has 0 aliphatic carbocycles. The van der Waals surface area contributed by atoms with Crippen LogP contribution in [0.1, 0.15) is 68.6 Å². The summed E-state index contributed by atoms with van der Waals surface area (Å²) in [5, 5.41) is 29.8. The van der Waals surface area contributed by atoms with Gasteiger partial charge in [-0.05, 0) is 46.7 Å². The number of phenolic OH excluding ortho intramolecular Hbond substituents is 1. The fourth-order valence-corrected chi connectivity index (χ4v) is 4.55. The van der Waals surface area contributed by atoms with E-state index < -0.39 is 42.0 Å². The van der Waals surface area contributed by atoms with Gasteiger partial charge in [-0.3, -0.25) is 0 Å². The third-order valence-corrected chi connectivity index (χ3v) is 6.58. The highest BCUT2D eigenvalue weighted by Crippen LogP contribution is 2.40. The number of rotatable bonds is 4. The Kier molecular flexibility index (Phi) is 6.39. The zero-order chi connectivity index (χ0) is 23.8. The largest absolute Gasteiger partial charge is 0.507 e. The van der Waals surface area contributed by atoms with Crippen molar-refractivity contribution in [3.63, 3.8) is 0 Å². The molecule has 0 heterocycles. The number of carboxylic acids is 1. The summed E-state index contributed by atoms with van der Waals surface area (Å²) >= 11 is 0. The molecule has 164 valence electrons. The van der Waals surface area contributed by atoms with Gasteiger partial charge >= 0.3 is 5.97 Å². The Bertz CT molecular complexity index is 1170.